The summed E-state index contributed by atoms with van der Waals surface area (Å²) in [5.41, 5.74) is 0.459. The van der Waals surface area contributed by atoms with Crippen molar-refractivity contribution in [3.63, 3.8) is 0 Å². The normalized spacial score (nSPS) is 8.56. The molecule has 0 aromatic carbocycles. The van der Waals surface area contributed by atoms with Crippen molar-refractivity contribution < 1.29 is 19.1 Å². The molecule has 0 aromatic heterocycles. The molecule has 4 heteroatoms. The third kappa shape index (κ3) is 12.4. The van der Waals surface area contributed by atoms with Crippen molar-refractivity contribution in [2.45, 2.75) is 20.8 Å². The van der Waals surface area contributed by atoms with E-state index in [0.717, 1.165) is 6.08 Å². The monoisotopic (exact) mass is 228 g/mol. The summed E-state index contributed by atoms with van der Waals surface area (Å²) in [6.45, 7) is 12.7. The van der Waals surface area contributed by atoms with Crippen LogP contribution in [0.4, 0.5) is 0 Å². The number of rotatable bonds is 4. The van der Waals surface area contributed by atoms with Gasteiger partial charge < -0.3 is 9.47 Å². The molecule has 4 nitrogen and oxygen atoms in total. The highest BCUT2D eigenvalue weighted by Gasteiger charge is 2.03. The first-order valence-corrected chi connectivity index (χ1v) is 4.88. The maximum absolute atomic E-state index is 10.7. The molecule has 0 spiro atoms. The van der Waals surface area contributed by atoms with E-state index in [4.69, 9.17) is 4.74 Å². The SMILES string of the molecule is C=C(C)C(=O)OCC(C)C.C=CC(=O)OC. The lowest BCUT2D eigenvalue weighted by molar-refractivity contribution is -0.140. The first-order valence-electron chi connectivity index (χ1n) is 4.88. The van der Waals surface area contributed by atoms with E-state index in [9.17, 15) is 9.59 Å². The minimum absolute atomic E-state index is 0.297. The second-order valence-electron chi connectivity index (χ2n) is 3.50. The quantitative estimate of drug-likeness (QED) is 0.546. The number of methoxy groups -OCH3 is 1. The summed E-state index contributed by atoms with van der Waals surface area (Å²) in [5, 5.41) is 0. The number of carbonyl (C=O) groups excluding carboxylic acids is 2. The Bertz CT molecular complexity index is 254. The molecule has 0 radical (unpaired) electrons. The Hall–Kier alpha value is -1.58. The molecule has 0 amide bonds. The highest BCUT2D eigenvalue weighted by molar-refractivity contribution is 5.86. The van der Waals surface area contributed by atoms with Gasteiger partial charge in [0.05, 0.1) is 13.7 Å². The highest BCUT2D eigenvalue weighted by Crippen LogP contribution is 1.97. The second kappa shape index (κ2) is 9.96. The molecule has 0 N–H and O–H groups in total. The van der Waals surface area contributed by atoms with Crippen molar-refractivity contribution in [2.75, 3.05) is 13.7 Å². The molecule has 0 fully saturated rings. The summed E-state index contributed by atoms with van der Waals surface area (Å²) < 4.78 is 8.97. The topological polar surface area (TPSA) is 52.6 Å². The van der Waals surface area contributed by atoms with Gasteiger partial charge in [-0.2, -0.15) is 0 Å². The molecule has 0 unspecified atom stereocenters. The predicted octanol–water partition coefficient (Wildman–Crippen LogP) is 2.11. The molecular formula is C12H20O4. The molecule has 16 heavy (non-hydrogen) atoms. The average molecular weight is 228 g/mol. The molecule has 0 aromatic rings. The van der Waals surface area contributed by atoms with Crippen molar-refractivity contribution in [1.29, 1.82) is 0 Å². The van der Waals surface area contributed by atoms with Gasteiger partial charge in [-0.3, -0.25) is 0 Å². The summed E-state index contributed by atoms with van der Waals surface area (Å²) in [6.07, 6.45) is 1.11. The molecule has 0 aliphatic rings. The number of carbonyl (C=O) groups is 2. The Morgan fingerprint density at radius 1 is 1.38 bits per heavy atom. The van der Waals surface area contributed by atoms with Gasteiger partial charge in [0, 0.05) is 11.6 Å². The molecule has 0 saturated carbocycles. The van der Waals surface area contributed by atoms with Gasteiger partial charge in [-0.25, -0.2) is 9.59 Å². The van der Waals surface area contributed by atoms with Gasteiger partial charge in [0.25, 0.3) is 0 Å². The van der Waals surface area contributed by atoms with Crippen LogP contribution in [0, 0.1) is 5.92 Å². The van der Waals surface area contributed by atoms with E-state index in [1.807, 2.05) is 13.8 Å². The smallest absolute Gasteiger partial charge is 0.333 e. The molecule has 0 aliphatic heterocycles. The van der Waals surface area contributed by atoms with E-state index in [2.05, 4.69) is 17.9 Å². The largest absolute Gasteiger partial charge is 0.466 e. The zero-order valence-electron chi connectivity index (χ0n) is 10.4. The number of hydrogen-bond acceptors (Lipinski definition) is 4. The van der Waals surface area contributed by atoms with Crippen LogP contribution in [0.5, 0.6) is 0 Å². The molecule has 92 valence electrons. The van der Waals surface area contributed by atoms with Gasteiger partial charge in [-0.15, -0.1) is 0 Å². The minimum atomic E-state index is -0.394. The van der Waals surface area contributed by atoms with Crippen LogP contribution < -0.4 is 0 Å². The fourth-order valence-corrected chi connectivity index (χ4v) is 0.449. The number of ether oxygens (including phenoxy) is 2. The van der Waals surface area contributed by atoms with Gasteiger partial charge >= 0.3 is 11.9 Å². The summed E-state index contributed by atoms with van der Waals surface area (Å²) >= 11 is 0. The van der Waals surface area contributed by atoms with Crippen LogP contribution in [0.1, 0.15) is 20.8 Å². The fourth-order valence-electron chi connectivity index (χ4n) is 0.449. The fraction of sp³-hybridized carbons (Fsp3) is 0.500. The lowest BCUT2D eigenvalue weighted by atomic mass is 10.2. The van der Waals surface area contributed by atoms with Gasteiger partial charge in [-0.1, -0.05) is 27.0 Å². The second-order valence-corrected chi connectivity index (χ2v) is 3.50. The zero-order valence-corrected chi connectivity index (χ0v) is 10.4. The Balaban J connectivity index is 0. The van der Waals surface area contributed by atoms with Crippen LogP contribution in [0.2, 0.25) is 0 Å². The predicted molar refractivity (Wildman–Crippen MR) is 62.8 cm³/mol. The van der Waals surface area contributed by atoms with E-state index < -0.39 is 5.97 Å². The van der Waals surface area contributed by atoms with E-state index >= 15 is 0 Å². The molecular weight excluding hydrogens is 208 g/mol. The Morgan fingerprint density at radius 2 is 1.88 bits per heavy atom. The van der Waals surface area contributed by atoms with Crippen molar-refractivity contribution in [3.8, 4) is 0 Å². The first-order chi connectivity index (χ1) is 7.34. The lowest BCUT2D eigenvalue weighted by Crippen LogP contribution is -2.09. The Kier molecular flexibility index (Phi) is 10.5. The van der Waals surface area contributed by atoms with Crippen molar-refractivity contribution in [2.24, 2.45) is 5.92 Å². The van der Waals surface area contributed by atoms with E-state index in [1.165, 1.54) is 7.11 Å². The van der Waals surface area contributed by atoms with Crippen LogP contribution in [-0.4, -0.2) is 25.7 Å². The maximum atomic E-state index is 10.7. The maximum Gasteiger partial charge on any atom is 0.333 e. The number of esters is 2. The van der Waals surface area contributed by atoms with Gasteiger partial charge in [0.15, 0.2) is 0 Å². The van der Waals surface area contributed by atoms with Gasteiger partial charge in [-0.05, 0) is 12.8 Å². The Labute approximate surface area is 96.9 Å². The average Bonchev–Trinajstić information content (AvgIpc) is 2.25. The standard InChI is InChI=1S/C8H14O2.C4H6O2/c1-6(2)5-10-8(9)7(3)4;1-3-4(5)6-2/h6H,3,5H2,1-2,4H3;3H,1H2,2H3. The van der Waals surface area contributed by atoms with Crippen LogP contribution >= 0.6 is 0 Å². The van der Waals surface area contributed by atoms with Crippen LogP contribution in [-0.2, 0) is 19.1 Å². The third-order valence-electron chi connectivity index (χ3n) is 1.26. The summed E-state index contributed by atoms with van der Waals surface area (Å²) in [6, 6.07) is 0. The summed E-state index contributed by atoms with van der Waals surface area (Å²) in [5.74, 6) is -0.299. The van der Waals surface area contributed by atoms with Crippen LogP contribution in [0.3, 0.4) is 0 Å². The van der Waals surface area contributed by atoms with E-state index in [-0.39, 0.29) is 5.97 Å². The summed E-state index contributed by atoms with van der Waals surface area (Å²) in [4.78, 5) is 20.6. The van der Waals surface area contributed by atoms with Crippen molar-refractivity contribution >= 4 is 11.9 Å². The number of hydrogen-bond donors (Lipinski definition) is 0. The van der Waals surface area contributed by atoms with E-state index in [1.54, 1.807) is 6.92 Å². The zero-order chi connectivity index (χ0) is 13.1. The molecule has 0 atom stereocenters. The van der Waals surface area contributed by atoms with Gasteiger partial charge in [0.2, 0.25) is 0 Å². The molecule has 0 bridgehead atoms. The van der Waals surface area contributed by atoms with Gasteiger partial charge in [0.1, 0.15) is 0 Å². The first kappa shape index (κ1) is 16.8. The van der Waals surface area contributed by atoms with Crippen LogP contribution in [0.25, 0.3) is 0 Å². The van der Waals surface area contributed by atoms with E-state index in [0.29, 0.717) is 18.1 Å². The Morgan fingerprint density at radius 3 is 2.06 bits per heavy atom. The van der Waals surface area contributed by atoms with Crippen LogP contribution in [0.15, 0.2) is 24.8 Å². The lowest BCUT2D eigenvalue weighted by Gasteiger charge is -2.05. The molecule has 0 saturated heterocycles. The third-order valence-corrected chi connectivity index (χ3v) is 1.26. The summed E-state index contributed by atoms with van der Waals surface area (Å²) in [7, 11) is 1.31. The highest BCUT2D eigenvalue weighted by atomic mass is 16.5. The molecule has 0 aliphatic carbocycles. The minimum Gasteiger partial charge on any atom is -0.466 e. The molecule has 0 heterocycles. The van der Waals surface area contributed by atoms with Crippen molar-refractivity contribution in [3.05, 3.63) is 24.8 Å². The van der Waals surface area contributed by atoms with Crippen molar-refractivity contribution in [1.82, 2.24) is 0 Å². The molecule has 0 rings (SSSR count).